The summed E-state index contributed by atoms with van der Waals surface area (Å²) in [5.41, 5.74) is 5.49. The van der Waals surface area contributed by atoms with Crippen LogP contribution in [0.1, 0.15) is 27.2 Å². The molecule has 0 saturated heterocycles. The van der Waals surface area contributed by atoms with Gasteiger partial charge in [-0.15, -0.1) is 0 Å². The molecule has 5 aromatic rings. The van der Waals surface area contributed by atoms with Crippen molar-refractivity contribution in [1.82, 2.24) is 14.5 Å². The minimum atomic E-state index is -4.03. The molecule has 0 aliphatic rings. The first-order valence-electron chi connectivity index (χ1n) is 12.1. The van der Waals surface area contributed by atoms with Gasteiger partial charge >= 0.3 is 0 Å². The van der Waals surface area contributed by atoms with Gasteiger partial charge < -0.3 is 24.3 Å². The van der Waals surface area contributed by atoms with E-state index in [1.165, 1.54) is 49.3 Å². The summed E-state index contributed by atoms with van der Waals surface area (Å²) >= 11 is 0. The molecule has 1 amide bonds. The number of benzene rings is 3. The van der Waals surface area contributed by atoms with E-state index in [2.05, 4.69) is 50.6 Å². The zero-order chi connectivity index (χ0) is 27.6. The second-order valence-electron chi connectivity index (χ2n) is 8.98. The van der Waals surface area contributed by atoms with Gasteiger partial charge in [-0.1, -0.05) is 30.3 Å². The van der Waals surface area contributed by atoms with Gasteiger partial charge in [0.2, 0.25) is 15.9 Å². The summed E-state index contributed by atoms with van der Waals surface area (Å²) in [7, 11) is -2.61. The lowest BCUT2D eigenvalue weighted by atomic mass is 10.1. The Kier molecular flexibility index (Phi) is 7.03. The summed E-state index contributed by atoms with van der Waals surface area (Å²) in [6.07, 6.45) is 1.17. The second kappa shape index (κ2) is 10.6. The average Bonchev–Trinajstić information content (AvgIpc) is 3.18. The molecular formula is C29H26N5O4S-. The highest BCUT2D eigenvalue weighted by Crippen LogP contribution is 2.29. The molecule has 0 aliphatic heterocycles. The Bertz CT molecular complexity index is 1770. The molecule has 0 unspecified atom stereocenters. The molecule has 9 nitrogen and oxygen atoms in total. The molecule has 0 bridgehead atoms. The Morgan fingerprint density at radius 3 is 2.44 bits per heavy atom. The molecule has 0 aliphatic carbocycles. The number of nitrogens with one attached hydrogen (secondary N) is 1. The van der Waals surface area contributed by atoms with Crippen LogP contribution in [0, 0.1) is 13.8 Å². The van der Waals surface area contributed by atoms with Crippen LogP contribution in [0.15, 0.2) is 90.1 Å². The monoisotopic (exact) mass is 540 g/mol. The van der Waals surface area contributed by atoms with Crippen LogP contribution < -0.4 is 10.1 Å². The van der Waals surface area contributed by atoms with Crippen molar-refractivity contribution in [3.05, 3.63) is 112 Å². The van der Waals surface area contributed by atoms with Crippen molar-refractivity contribution in [2.45, 2.75) is 25.3 Å². The molecule has 0 atom stereocenters. The third-order valence-electron chi connectivity index (χ3n) is 6.55. The number of nitrogens with zero attached hydrogens (tertiary/aromatic N) is 4. The molecule has 5 rings (SSSR count). The average molecular weight is 541 g/mol. The largest absolute Gasteiger partial charge is 0.481 e. The van der Waals surface area contributed by atoms with E-state index in [-0.39, 0.29) is 22.5 Å². The molecule has 39 heavy (non-hydrogen) atoms. The van der Waals surface area contributed by atoms with Crippen LogP contribution in [0.5, 0.6) is 5.88 Å². The second-order valence-corrected chi connectivity index (χ2v) is 10.6. The van der Waals surface area contributed by atoms with Crippen molar-refractivity contribution in [2.24, 2.45) is 0 Å². The summed E-state index contributed by atoms with van der Waals surface area (Å²) in [6, 6.07) is 23.0. The molecule has 3 aromatic carbocycles. The predicted octanol–water partition coefficient (Wildman–Crippen LogP) is 5.75. The molecular weight excluding hydrogens is 514 g/mol. The Morgan fingerprint density at radius 2 is 1.72 bits per heavy atom. The van der Waals surface area contributed by atoms with Gasteiger partial charge in [-0.3, -0.25) is 4.79 Å². The van der Waals surface area contributed by atoms with Gasteiger partial charge in [0.05, 0.1) is 12.0 Å². The fourth-order valence-electron chi connectivity index (χ4n) is 4.34. The number of methoxy groups -OCH3 is 1. The van der Waals surface area contributed by atoms with Crippen LogP contribution in [0.4, 0.5) is 11.5 Å². The smallest absolute Gasteiger partial charge is 0.255 e. The van der Waals surface area contributed by atoms with E-state index in [0.717, 1.165) is 28.7 Å². The van der Waals surface area contributed by atoms with Crippen molar-refractivity contribution in [2.75, 3.05) is 12.4 Å². The van der Waals surface area contributed by atoms with Crippen LogP contribution in [0.3, 0.4) is 0 Å². The minimum Gasteiger partial charge on any atom is -0.481 e. The van der Waals surface area contributed by atoms with Crippen LogP contribution >= 0.6 is 0 Å². The first-order valence-corrected chi connectivity index (χ1v) is 13.6. The van der Waals surface area contributed by atoms with E-state index in [1.54, 1.807) is 6.07 Å². The molecule has 0 spiro atoms. The van der Waals surface area contributed by atoms with Gasteiger partial charge in [-0.05, 0) is 79.3 Å². The SMILES string of the molecule is COc1cc([N-]S(=O)(=O)c2ccc(NC(=O)c3ccc4c(c3)c(C)c(C)n4Cc3ccccc3)cc2)ncn1. The van der Waals surface area contributed by atoms with Gasteiger partial charge in [-0.2, -0.15) is 0 Å². The maximum Gasteiger partial charge on any atom is 0.255 e. The predicted molar refractivity (Wildman–Crippen MR) is 150 cm³/mol. The normalized spacial score (nSPS) is 11.4. The van der Waals surface area contributed by atoms with Gasteiger partial charge in [0, 0.05) is 40.7 Å². The van der Waals surface area contributed by atoms with Crippen molar-refractivity contribution >= 4 is 38.3 Å². The summed E-state index contributed by atoms with van der Waals surface area (Å²) in [4.78, 5) is 20.7. The number of carbonyl (C=O) groups excluding carboxylic acids is 1. The zero-order valence-corrected chi connectivity index (χ0v) is 22.4. The van der Waals surface area contributed by atoms with E-state index in [4.69, 9.17) is 4.74 Å². The van der Waals surface area contributed by atoms with Crippen LogP contribution in [0.2, 0.25) is 0 Å². The fourth-order valence-corrected chi connectivity index (χ4v) is 5.27. The maximum absolute atomic E-state index is 13.1. The standard InChI is InChI=1S/C29H27N5O4S/c1-19-20(2)34(17-21-7-5-4-6-8-21)26-14-9-22(15-25(19)26)29(35)32-23-10-12-24(13-11-23)39(36,37)33-27-16-28(38-3)31-18-30-27/h4-16,18H,17H2,1-3H3,(H2,30,31,32,33,35)/p-1. The number of sulfonamides is 1. The van der Waals surface area contributed by atoms with Gasteiger partial charge in [0.1, 0.15) is 0 Å². The van der Waals surface area contributed by atoms with E-state index < -0.39 is 10.0 Å². The van der Waals surface area contributed by atoms with Crippen LogP contribution in [-0.2, 0) is 16.6 Å². The molecule has 0 saturated carbocycles. The Labute approximate surface area is 226 Å². The number of amides is 1. The van der Waals surface area contributed by atoms with E-state index >= 15 is 0 Å². The number of aryl methyl sites for hydroxylation is 1. The highest BCUT2D eigenvalue weighted by molar-refractivity contribution is 7.94. The number of ether oxygens (including phenoxy) is 1. The highest BCUT2D eigenvalue weighted by Gasteiger charge is 2.15. The maximum atomic E-state index is 13.1. The van der Waals surface area contributed by atoms with Crippen LogP contribution in [0.25, 0.3) is 15.6 Å². The third kappa shape index (κ3) is 5.46. The lowest BCUT2D eigenvalue weighted by molar-refractivity contribution is 0.102. The molecule has 198 valence electrons. The van der Waals surface area contributed by atoms with Crippen molar-refractivity contribution < 1.29 is 17.9 Å². The summed E-state index contributed by atoms with van der Waals surface area (Å²) in [6.45, 7) is 4.89. The van der Waals surface area contributed by atoms with Crippen molar-refractivity contribution in [3.63, 3.8) is 0 Å². The zero-order valence-electron chi connectivity index (χ0n) is 21.6. The fraction of sp³-hybridized carbons (Fsp3) is 0.138. The number of aromatic nitrogens is 3. The first kappa shape index (κ1) is 25.9. The topological polar surface area (TPSA) is 117 Å². The van der Waals surface area contributed by atoms with E-state index in [1.807, 2.05) is 30.3 Å². The number of anilines is 1. The lowest BCUT2D eigenvalue weighted by Crippen LogP contribution is -2.12. The number of carbonyl (C=O) groups is 1. The Morgan fingerprint density at radius 1 is 0.974 bits per heavy atom. The molecule has 0 radical (unpaired) electrons. The van der Waals surface area contributed by atoms with Gasteiger partial charge in [-0.25, -0.2) is 13.4 Å². The molecule has 2 heterocycles. The Balaban J connectivity index is 1.32. The van der Waals surface area contributed by atoms with Crippen molar-refractivity contribution in [1.29, 1.82) is 0 Å². The summed E-state index contributed by atoms with van der Waals surface area (Å²) in [5.74, 6) is -0.135. The quantitative estimate of drug-likeness (QED) is 0.268. The van der Waals surface area contributed by atoms with Crippen molar-refractivity contribution in [3.8, 4) is 5.88 Å². The summed E-state index contributed by atoms with van der Waals surface area (Å²) in [5, 5.41) is 3.85. The third-order valence-corrected chi connectivity index (χ3v) is 7.84. The molecule has 10 heteroatoms. The highest BCUT2D eigenvalue weighted by atomic mass is 32.2. The molecule has 1 N–H and O–H groups in total. The van der Waals surface area contributed by atoms with Gasteiger partial charge in [0.15, 0.2) is 0 Å². The number of fused-ring (bicyclic) bond motifs is 1. The minimum absolute atomic E-state index is 0.0367. The molecule has 2 aromatic heterocycles. The van der Waals surface area contributed by atoms with E-state index in [0.29, 0.717) is 11.3 Å². The first-order chi connectivity index (χ1) is 18.7. The number of hydrogen-bond donors (Lipinski definition) is 1. The van der Waals surface area contributed by atoms with Crippen LogP contribution in [-0.4, -0.2) is 36.0 Å². The Hall–Kier alpha value is -4.70. The lowest BCUT2D eigenvalue weighted by Gasteiger charge is -2.16. The van der Waals surface area contributed by atoms with Gasteiger partial charge in [0.25, 0.3) is 5.91 Å². The molecule has 0 fully saturated rings. The van der Waals surface area contributed by atoms with E-state index in [9.17, 15) is 13.2 Å². The number of hydrogen-bond acceptors (Lipinski definition) is 6. The number of rotatable bonds is 8. The summed E-state index contributed by atoms with van der Waals surface area (Å²) < 4.78 is 36.4.